The van der Waals surface area contributed by atoms with Crippen LogP contribution in [-0.4, -0.2) is 43.0 Å². The summed E-state index contributed by atoms with van der Waals surface area (Å²) in [6, 6.07) is 0.0664. The molecule has 4 heteroatoms. The molecule has 0 saturated heterocycles. The Labute approximate surface area is 111 Å². The molecule has 0 radical (unpaired) electrons. The number of nitrogens with two attached hydrogens (primary N) is 1. The lowest BCUT2D eigenvalue weighted by Gasteiger charge is -2.28. The van der Waals surface area contributed by atoms with E-state index in [9.17, 15) is 4.79 Å². The van der Waals surface area contributed by atoms with E-state index in [1.807, 2.05) is 0 Å². The molecule has 0 aromatic carbocycles. The molecular formula is C14H29N3O. The highest BCUT2D eigenvalue weighted by atomic mass is 16.1. The van der Waals surface area contributed by atoms with Crippen LogP contribution in [0.25, 0.3) is 0 Å². The summed E-state index contributed by atoms with van der Waals surface area (Å²) >= 11 is 0. The Bertz CT molecular complexity index is 245. The van der Waals surface area contributed by atoms with Crippen molar-refractivity contribution < 1.29 is 4.79 Å². The van der Waals surface area contributed by atoms with E-state index in [1.54, 1.807) is 0 Å². The first-order chi connectivity index (χ1) is 8.69. The van der Waals surface area contributed by atoms with Gasteiger partial charge in [-0.1, -0.05) is 26.7 Å². The van der Waals surface area contributed by atoms with Gasteiger partial charge in [-0.2, -0.15) is 0 Å². The summed E-state index contributed by atoms with van der Waals surface area (Å²) in [4.78, 5) is 14.4. The van der Waals surface area contributed by atoms with Crippen LogP contribution in [0, 0.1) is 5.92 Å². The number of rotatable bonds is 7. The maximum Gasteiger partial charge on any atom is 0.224 e. The molecule has 1 aliphatic rings. The van der Waals surface area contributed by atoms with Gasteiger partial charge in [0, 0.05) is 19.1 Å². The molecule has 1 aliphatic carbocycles. The van der Waals surface area contributed by atoms with Gasteiger partial charge in [0.15, 0.2) is 0 Å². The Balaban J connectivity index is 2.23. The van der Waals surface area contributed by atoms with E-state index < -0.39 is 0 Å². The van der Waals surface area contributed by atoms with Crippen molar-refractivity contribution in [1.82, 2.24) is 10.2 Å². The van der Waals surface area contributed by atoms with Gasteiger partial charge in [-0.05, 0) is 32.4 Å². The van der Waals surface area contributed by atoms with E-state index in [0.29, 0.717) is 0 Å². The highest BCUT2D eigenvalue weighted by molar-refractivity contribution is 5.79. The summed E-state index contributed by atoms with van der Waals surface area (Å²) in [6.45, 7) is 8.19. The highest BCUT2D eigenvalue weighted by Crippen LogP contribution is 2.22. The Morgan fingerprint density at radius 2 is 2.00 bits per heavy atom. The normalized spacial score (nSPS) is 24.2. The third-order valence-corrected chi connectivity index (χ3v) is 3.87. The molecule has 2 unspecified atom stereocenters. The van der Waals surface area contributed by atoms with Crippen LogP contribution in [0.2, 0.25) is 0 Å². The van der Waals surface area contributed by atoms with E-state index in [4.69, 9.17) is 5.73 Å². The molecule has 18 heavy (non-hydrogen) atoms. The van der Waals surface area contributed by atoms with Gasteiger partial charge in [0.2, 0.25) is 5.91 Å². The van der Waals surface area contributed by atoms with Gasteiger partial charge in [0.05, 0.1) is 5.92 Å². The third-order valence-electron chi connectivity index (χ3n) is 3.87. The fourth-order valence-corrected chi connectivity index (χ4v) is 2.70. The topological polar surface area (TPSA) is 58.4 Å². The van der Waals surface area contributed by atoms with Crippen molar-refractivity contribution in [3.05, 3.63) is 0 Å². The van der Waals surface area contributed by atoms with Crippen molar-refractivity contribution in [2.24, 2.45) is 11.7 Å². The van der Waals surface area contributed by atoms with Gasteiger partial charge in [-0.25, -0.2) is 0 Å². The number of carbonyl (C=O) groups excluding carboxylic acids is 1. The summed E-state index contributed by atoms with van der Waals surface area (Å²) < 4.78 is 0. The largest absolute Gasteiger partial charge is 0.355 e. The number of nitrogens with zero attached hydrogens (tertiary/aromatic N) is 1. The van der Waals surface area contributed by atoms with Gasteiger partial charge >= 0.3 is 0 Å². The zero-order chi connectivity index (χ0) is 13.4. The zero-order valence-electron chi connectivity index (χ0n) is 12.0. The smallest absolute Gasteiger partial charge is 0.224 e. The quantitative estimate of drug-likeness (QED) is 0.722. The first kappa shape index (κ1) is 15.4. The van der Waals surface area contributed by atoms with Crippen LogP contribution in [0.5, 0.6) is 0 Å². The zero-order valence-corrected chi connectivity index (χ0v) is 12.0. The first-order valence-electron chi connectivity index (χ1n) is 7.44. The standard InChI is InChI=1S/C14H29N3O/c1-3-10-17(4-2)11-9-16-14(18)12-7-5-6-8-13(12)15/h12-13H,3-11,15H2,1-2H3,(H,16,18). The first-order valence-corrected chi connectivity index (χ1v) is 7.44. The highest BCUT2D eigenvalue weighted by Gasteiger charge is 2.27. The Morgan fingerprint density at radius 3 is 2.61 bits per heavy atom. The van der Waals surface area contributed by atoms with Crippen LogP contribution in [-0.2, 0) is 4.79 Å². The van der Waals surface area contributed by atoms with Crippen molar-refractivity contribution in [2.75, 3.05) is 26.2 Å². The fourth-order valence-electron chi connectivity index (χ4n) is 2.70. The van der Waals surface area contributed by atoms with E-state index in [-0.39, 0.29) is 17.9 Å². The minimum atomic E-state index is 0.0417. The predicted molar refractivity (Wildman–Crippen MR) is 75.3 cm³/mol. The molecule has 0 spiro atoms. The molecule has 4 nitrogen and oxygen atoms in total. The minimum Gasteiger partial charge on any atom is -0.355 e. The van der Waals surface area contributed by atoms with Crippen LogP contribution in [0.3, 0.4) is 0 Å². The van der Waals surface area contributed by atoms with Crippen molar-refractivity contribution in [1.29, 1.82) is 0 Å². The molecule has 0 bridgehead atoms. The van der Waals surface area contributed by atoms with Crippen LogP contribution in [0.15, 0.2) is 0 Å². The second kappa shape index (κ2) is 8.48. The van der Waals surface area contributed by atoms with Gasteiger partial charge < -0.3 is 16.0 Å². The second-order valence-corrected chi connectivity index (χ2v) is 5.28. The van der Waals surface area contributed by atoms with Crippen LogP contribution in [0.4, 0.5) is 0 Å². The number of hydrogen-bond acceptors (Lipinski definition) is 3. The second-order valence-electron chi connectivity index (χ2n) is 5.28. The number of carbonyl (C=O) groups is 1. The lowest BCUT2D eigenvalue weighted by Crippen LogP contribution is -2.45. The van der Waals surface area contributed by atoms with E-state index in [1.165, 1.54) is 6.42 Å². The number of likely N-dealkylation sites (N-methyl/N-ethyl adjacent to an activating group) is 1. The van der Waals surface area contributed by atoms with Crippen LogP contribution in [0.1, 0.15) is 46.0 Å². The molecule has 0 aromatic rings. The fraction of sp³-hybridized carbons (Fsp3) is 0.929. The van der Waals surface area contributed by atoms with Gasteiger partial charge in [-0.15, -0.1) is 0 Å². The number of nitrogens with one attached hydrogen (secondary N) is 1. The van der Waals surface area contributed by atoms with Crippen LogP contribution < -0.4 is 11.1 Å². The molecule has 0 aromatic heterocycles. The summed E-state index contributed by atoms with van der Waals surface area (Å²) in [7, 11) is 0. The number of hydrogen-bond donors (Lipinski definition) is 2. The molecule has 106 valence electrons. The molecule has 1 rings (SSSR count). The minimum absolute atomic E-state index is 0.0417. The monoisotopic (exact) mass is 255 g/mol. The van der Waals surface area contributed by atoms with E-state index in [0.717, 1.165) is 51.9 Å². The average molecular weight is 255 g/mol. The maximum absolute atomic E-state index is 12.0. The van der Waals surface area contributed by atoms with Gasteiger partial charge in [0.1, 0.15) is 0 Å². The lowest BCUT2D eigenvalue weighted by atomic mass is 9.84. The molecule has 0 aliphatic heterocycles. The summed E-state index contributed by atoms with van der Waals surface area (Å²) in [5.41, 5.74) is 6.01. The lowest BCUT2D eigenvalue weighted by molar-refractivity contribution is -0.126. The molecule has 2 atom stereocenters. The SMILES string of the molecule is CCCN(CC)CCNC(=O)C1CCCCC1N. The Kier molecular flexibility index (Phi) is 7.28. The van der Waals surface area contributed by atoms with E-state index in [2.05, 4.69) is 24.1 Å². The van der Waals surface area contributed by atoms with Crippen LogP contribution >= 0.6 is 0 Å². The van der Waals surface area contributed by atoms with Gasteiger partial charge in [0.25, 0.3) is 0 Å². The molecular weight excluding hydrogens is 226 g/mol. The van der Waals surface area contributed by atoms with Crippen molar-refractivity contribution in [3.8, 4) is 0 Å². The van der Waals surface area contributed by atoms with Crippen molar-refractivity contribution in [3.63, 3.8) is 0 Å². The van der Waals surface area contributed by atoms with Crippen molar-refractivity contribution in [2.45, 2.75) is 52.0 Å². The molecule has 0 heterocycles. The Hall–Kier alpha value is -0.610. The Morgan fingerprint density at radius 1 is 1.28 bits per heavy atom. The molecule has 3 N–H and O–H groups in total. The number of amides is 1. The third kappa shape index (κ3) is 4.94. The molecule has 1 saturated carbocycles. The summed E-state index contributed by atoms with van der Waals surface area (Å²) in [5, 5.41) is 3.05. The maximum atomic E-state index is 12.0. The molecule has 1 amide bonds. The average Bonchev–Trinajstić information content (AvgIpc) is 2.38. The summed E-state index contributed by atoms with van der Waals surface area (Å²) in [6.07, 6.45) is 5.43. The molecule has 1 fully saturated rings. The summed E-state index contributed by atoms with van der Waals surface area (Å²) in [5.74, 6) is 0.203. The van der Waals surface area contributed by atoms with Gasteiger partial charge in [-0.3, -0.25) is 4.79 Å². The van der Waals surface area contributed by atoms with Crippen molar-refractivity contribution >= 4 is 5.91 Å². The predicted octanol–water partition coefficient (Wildman–Crippen LogP) is 1.35. The van der Waals surface area contributed by atoms with E-state index >= 15 is 0 Å².